The van der Waals surface area contributed by atoms with Gasteiger partial charge in [-0.1, -0.05) is 70.2 Å². The first-order valence-electron chi connectivity index (χ1n) is 11.8. The minimum Gasteiger partial charge on any atom is -0.423 e. The molecule has 0 radical (unpaired) electrons. The van der Waals surface area contributed by atoms with Crippen molar-refractivity contribution in [2.24, 2.45) is 0 Å². The second kappa shape index (κ2) is 10.4. The number of nitrogens with zero attached hydrogens (tertiary/aromatic N) is 1. The van der Waals surface area contributed by atoms with Gasteiger partial charge in [0.25, 0.3) is 0 Å². The van der Waals surface area contributed by atoms with Gasteiger partial charge in [-0.3, -0.25) is 0 Å². The standard InChI is InChI=1S/C31H31NO2/c1-22(2)24-10-14-27(15-11-24)32(28-16-12-25(13-17-28)23(3)4)29-18-20-30(21-19-29)34-31(33)26-8-6-5-7-9-26/h5-23H,1-4H3. The lowest BCUT2D eigenvalue weighted by Crippen LogP contribution is -2.11. The van der Waals surface area contributed by atoms with E-state index in [1.165, 1.54) is 11.1 Å². The van der Waals surface area contributed by atoms with Crippen molar-refractivity contribution >= 4 is 23.0 Å². The number of carbonyl (C=O) groups is 1. The molecule has 0 unspecified atom stereocenters. The molecule has 3 heteroatoms. The number of esters is 1. The summed E-state index contributed by atoms with van der Waals surface area (Å²) in [5, 5.41) is 0. The van der Waals surface area contributed by atoms with Gasteiger partial charge in [0, 0.05) is 17.1 Å². The predicted octanol–water partition coefficient (Wildman–Crippen LogP) is 8.62. The first-order valence-corrected chi connectivity index (χ1v) is 11.8. The van der Waals surface area contributed by atoms with Gasteiger partial charge in [-0.15, -0.1) is 0 Å². The third-order valence-electron chi connectivity index (χ3n) is 5.95. The third-order valence-corrected chi connectivity index (χ3v) is 5.95. The summed E-state index contributed by atoms with van der Waals surface area (Å²) < 4.78 is 5.57. The van der Waals surface area contributed by atoms with E-state index in [0.29, 0.717) is 23.1 Å². The molecular weight excluding hydrogens is 418 g/mol. The molecule has 0 N–H and O–H groups in total. The number of benzene rings is 4. The maximum Gasteiger partial charge on any atom is 0.343 e. The maximum atomic E-state index is 12.4. The molecule has 3 nitrogen and oxygen atoms in total. The fourth-order valence-electron chi connectivity index (χ4n) is 3.87. The van der Waals surface area contributed by atoms with E-state index in [2.05, 4.69) is 81.1 Å². The molecule has 4 rings (SSSR count). The van der Waals surface area contributed by atoms with Crippen molar-refractivity contribution in [2.45, 2.75) is 39.5 Å². The highest BCUT2D eigenvalue weighted by atomic mass is 16.5. The minimum atomic E-state index is -0.362. The van der Waals surface area contributed by atoms with Crippen molar-refractivity contribution in [3.63, 3.8) is 0 Å². The summed E-state index contributed by atoms with van der Waals surface area (Å²) in [6.45, 7) is 8.81. The van der Waals surface area contributed by atoms with Crippen LogP contribution in [0.15, 0.2) is 103 Å². The monoisotopic (exact) mass is 449 g/mol. The summed E-state index contributed by atoms with van der Waals surface area (Å²) in [5.41, 5.74) is 6.30. The molecule has 0 aliphatic heterocycles. The van der Waals surface area contributed by atoms with Gasteiger partial charge in [0.2, 0.25) is 0 Å². The number of ether oxygens (including phenoxy) is 1. The van der Waals surface area contributed by atoms with Crippen molar-refractivity contribution in [3.8, 4) is 5.75 Å². The summed E-state index contributed by atoms with van der Waals surface area (Å²) >= 11 is 0. The topological polar surface area (TPSA) is 29.5 Å². The zero-order valence-corrected chi connectivity index (χ0v) is 20.2. The van der Waals surface area contributed by atoms with Crippen molar-refractivity contribution in [2.75, 3.05) is 4.90 Å². The van der Waals surface area contributed by atoms with Crippen molar-refractivity contribution in [1.82, 2.24) is 0 Å². The Morgan fingerprint density at radius 3 is 1.41 bits per heavy atom. The van der Waals surface area contributed by atoms with Crippen LogP contribution in [-0.2, 0) is 0 Å². The highest BCUT2D eigenvalue weighted by molar-refractivity contribution is 5.91. The van der Waals surface area contributed by atoms with E-state index in [9.17, 15) is 4.79 Å². The molecule has 0 spiro atoms. The molecule has 4 aromatic carbocycles. The summed E-state index contributed by atoms with van der Waals surface area (Å²) in [6, 6.07) is 34.1. The molecule has 0 saturated carbocycles. The van der Waals surface area contributed by atoms with Gasteiger partial charge in [-0.05, 0) is 83.6 Å². The molecule has 0 fully saturated rings. The summed E-state index contributed by atoms with van der Waals surface area (Å²) in [7, 11) is 0. The molecule has 0 amide bonds. The third kappa shape index (κ3) is 5.37. The highest BCUT2D eigenvalue weighted by Crippen LogP contribution is 2.36. The van der Waals surface area contributed by atoms with Gasteiger partial charge in [0.05, 0.1) is 5.56 Å². The number of hydrogen-bond acceptors (Lipinski definition) is 3. The zero-order chi connectivity index (χ0) is 24.1. The van der Waals surface area contributed by atoms with Crippen LogP contribution in [0, 0.1) is 0 Å². The van der Waals surface area contributed by atoms with Crippen LogP contribution in [-0.4, -0.2) is 5.97 Å². The van der Waals surface area contributed by atoms with Gasteiger partial charge in [-0.25, -0.2) is 4.79 Å². The van der Waals surface area contributed by atoms with E-state index >= 15 is 0 Å². The van der Waals surface area contributed by atoms with Crippen LogP contribution in [0.5, 0.6) is 5.75 Å². The molecule has 0 saturated heterocycles. The van der Waals surface area contributed by atoms with Crippen molar-refractivity contribution < 1.29 is 9.53 Å². The van der Waals surface area contributed by atoms with Crippen molar-refractivity contribution in [3.05, 3.63) is 120 Å². The molecule has 172 valence electrons. The van der Waals surface area contributed by atoms with Gasteiger partial charge >= 0.3 is 5.97 Å². The van der Waals surface area contributed by atoms with Crippen LogP contribution in [0.25, 0.3) is 0 Å². The Morgan fingerprint density at radius 1 is 0.588 bits per heavy atom. The van der Waals surface area contributed by atoms with E-state index < -0.39 is 0 Å². The van der Waals surface area contributed by atoms with Gasteiger partial charge in [0.1, 0.15) is 5.75 Å². The molecule has 0 heterocycles. The summed E-state index contributed by atoms with van der Waals surface area (Å²) in [6.07, 6.45) is 0. The SMILES string of the molecule is CC(C)c1ccc(N(c2ccc(OC(=O)c3ccccc3)cc2)c2ccc(C(C)C)cc2)cc1. The molecule has 4 aromatic rings. The molecule has 0 atom stereocenters. The van der Waals surface area contributed by atoms with E-state index in [-0.39, 0.29) is 5.97 Å². The lowest BCUT2D eigenvalue weighted by Gasteiger charge is -2.26. The van der Waals surface area contributed by atoms with E-state index in [1.807, 2.05) is 42.5 Å². The number of hydrogen-bond donors (Lipinski definition) is 0. The molecule has 34 heavy (non-hydrogen) atoms. The molecule has 0 bridgehead atoms. The second-order valence-corrected chi connectivity index (χ2v) is 9.08. The Kier molecular flexibility index (Phi) is 7.12. The Bertz CT molecular complexity index is 1160. The minimum absolute atomic E-state index is 0.362. The molecule has 0 aromatic heterocycles. The quantitative estimate of drug-likeness (QED) is 0.209. The van der Waals surface area contributed by atoms with Crippen molar-refractivity contribution in [1.29, 1.82) is 0 Å². The van der Waals surface area contributed by atoms with Gasteiger partial charge in [-0.2, -0.15) is 0 Å². The largest absolute Gasteiger partial charge is 0.423 e. The average molecular weight is 450 g/mol. The lowest BCUT2D eigenvalue weighted by atomic mass is 10.0. The second-order valence-electron chi connectivity index (χ2n) is 9.08. The zero-order valence-electron chi connectivity index (χ0n) is 20.2. The first kappa shape index (κ1) is 23.3. The smallest absolute Gasteiger partial charge is 0.343 e. The average Bonchev–Trinajstić information content (AvgIpc) is 2.86. The Balaban J connectivity index is 1.65. The van der Waals surface area contributed by atoms with Gasteiger partial charge in [0.15, 0.2) is 0 Å². The fourth-order valence-corrected chi connectivity index (χ4v) is 3.87. The van der Waals surface area contributed by atoms with Crippen LogP contribution >= 0.6 is 0 Å². The van der Waals surface area contributed by atoms with Crippen LogP contribution < -0.4 is 9.64 Å². The van der Waals surface area contributed by atoms with Gasteiger partial charge < -0.3 is 9.64 Å². The van der Waals surface area contributed by atoms with Crippen LogP contribution in [0.2, 0.25) is 0 Å². The Hall–Kier alpha value is -3.85. The van der Waals surface area contributed by atoms with Crippen LogP contribution in [0.4, 0.5) is 17.1 Å². The molecule has 0 aliphatic carbocycles. The van der Waals surface area contributed by atoms with E-state index in [0.717, 1.165) is 17.1 Å². The first-order chi connectivity index (χ1) is 16.4. The predicted molar refractivity (Wildman–Crippen MR) is 141 cm³/mol. The maximum absolute atomic E-state index is 12.4. The Labute approximate surface area is 202 Å². The van der Waals surface area contributed by atoms with E-state index in [4.69, 9.17) is 4.74 Å². The number of carbonyl (C=O) groups excluding carboxylic acids is 1. The van der Waals surface area contributed by atoms with E-state index in [1.54, 1.807) is 12.1 Å². The summed E-state index contributed by atoms with van der Waals surface area (Å²) in [5.74, 6) is 1.11. The fraction of sp³-hybridized carbons (Fsp3) is 0.194. The van der Waals surface area contributed by atoms with Crippen LogP contribution in [0.1, 0.15) is 61.0 Å². The molecular formula is C31H31NO2. The molecule has 0 aliphatic rings. The van der Waals surface area contributed by atoms with Crippen LogP contribution in [0.3, 0.4) is 0 Å². The normalized spacial score (nSPS) is 11.0. The highest BCUT2D eigenvalue weighted by Gasteiger charge is 2.15. The Morgan fingerprint density at radius 2 is 1.00 bits per heavy atom. The number of anilines is 3. The number of rotatable bonds is 7. The lowest BCUT2D eigenvalue weighted by molar-refractivity contribution is 0.0735. The summed E-state index contributed by atoms with van der Waals surface area (Å²) in [4.78, 5) is 14.6.